The molecule has 1 unspecified atom stereocenters. The van der Waals surface area contributed by atoms with Crippen molar-refractivity contribution in [2.24, 2.45) is 11.8 Å². The largest absolute Gasteiger partial charge is 0.492 e. The monoisotopic (exact) mass is 320 g/mol. The van der Waals surface area contributed by atoms with Crippen LogP contribution in [-0.2, 0) is 4.79 Å². The molecule has 0 aromatic heterocycles. The van der Waals surface area contributed by atoms with Gasteiger partial charge in [-0.15, -0.1) is 12.4 Å². The number of rotatable bonds is 6. The number of hydrogen-bond acceptors (Lipinski definition) is 3. The number of halogens is 3. The summed E-state index contributed by atoms with van der Waals surface area (Å²) < 4.78 is 30.9. The minimum Gasteiger partial charge on any atom is -0.492 e. The maximum Gasteiger partial charge on any atom is 0.223 e. The molecular weight excluding hydrogens is 302 g/mol. The molecule has 1 saturated heterocycles. The Morgan fingerprint density at radius 1 is 1.43 bits per heavy atom. The first-order valence-electron chi connectivity index (χ1n) is 6.64. The van der Waals surface area contributed by atoms with Crippen LogP contribution in [0.15, 0.2) is 18.2 Å². The van der Waals surface area contributed by atoms with Gasteiger partial charge in [0.15, 0.2) is 11.6 Å². The molecule has 0 saturated carbocycles. The van der Waals surface area contributed by atoms with E-state index in [0.29, 0.717) is 12.5 Å². The van der Waals surface area contributed by atoms with E-state index in [-0.39, 0.29) is 36.6 Å². The number of amides is 1. The van der Waals surface area contributed by atoms with Gasteiger partial charge in [0.25, 0.3) is 0 Å². The first kappa shape index (κ1) is 17.7. The Labute approximate surface area is 128 Å². The summed E-state index contributed by atoms with van der Waals surface area (Å²) in [5.74, 6) is -1.26. The summed E-state index contributed by atoms with van der Waals surface area (Å²) in [6, 6.07) is 3.34. The molecular formula is C14H19ClF2N2O2. The third-order valence-electron chi connectivity index (χ3n) is 3.49. The van der Waals surface area contributed by atoms with Gasteiger partial charge in [0, 0.05) is 12.0 Å². The van der Waals surface area contributed by atoms with E-state index in [4.69, 9.17) is 4.74 Å². The van der Waals surface area contributed by atoms with Gasteiger partial charge in [0.05, 0.1) is 6.54 Å². The average Bonchev–Trinajstić information content (AvgIpc) is 2.36. The summed E-state index contributed by atoms with van der Waals surface area (Å²) >= 11 is 0. The van der Waals surface area contributed by atoms with Gasteiger partial charge in [-0.2, -0.15) is 0 Å². The van der Waals surface area contributed by atoms with E-state index in [9.17, 15) is 13.6 Å². The second kappa shape index (κ2) is 8.14. The van der Waals surface area contributed by atoms with E-state index in [2.05, 4.69) is 10.6 Å². The molecule has 0 bridgehead atoms. The van der Waals surface area contributed by atoms with Crippen molar-refractivity contribution in [3.8, 4) is 5.75 Å². The Morgan fingerprint density at radius 2 is 2.14 bits per heavy atom. The highest BCUT2D eigenvalue weighted by Crippen LogP contribution is 2.16. The van der Waals surface area contributed by atoms with Crippen LogP contribution >= 0.6 is 12.4 Å². The van der Waals surface area contributed by atoms with Crippen molar-refractivity contribution in [1.82, 2.24) is 10.6 Å². The lowest BCUT2D eigenvalue weighted by molar-refractivity contribution is -0.126. The lowest BCUT2D eigenvalue weighted by Crippen LogP contribution is -2.49. The van der Waals surface area contributed by atoms with Crippen molar-refractivity contribution in [2.45, 2.75) is 6.92 Å². The molecule has 0 spiro atoms. The molecule has 1 amide bonds. The zero-order valence-electron chi connectivity index (χ0n) is 11.7. The van der Waals surface area contributed by atoms with Crippen LogP contribution in [0.2, 0.25) is 0 Å². The molecule has 118 valence electrons. The average molecular weight is 321 g/mol. The first-order chi connectivity index (χ1) is 9.58. The van der Waals surface area contributed by atoms with Crippen molar-refractivity contribution in [3.63, 3.8) is 0 Å². The molecule has 7 heteroatoms. The van der Waals surface area contributed by atoms with Crippen molar-refractivity contribution in [3.05, 3.63) is 29.8 Å². The summed E-state index contributed by atoms with van der Waals surface area (Å²) in [5, 5.41) is 5.89. The van der Waals surface area contributed by atoms with Crippen LogP contribution in [0.3, 0.4) is 0 Å². The Balaban J connectivity index is 0.00000220. The van der Waals surface area contributed by atoms with Crippen LogP contribution in [0.25, 0.3) is 0 Å². The molecule has 1 aromatic carbocycles. The predicted molar refractivity (Wildman–Crippen MR) is 77.6 cm³/mol. The van der Waals surface area contributed by atoms with Gasteiger partial charge in [-0.1, -0.05) is 6.92 Å². The highest BCUT2D eigenvalue weighted by atomic mass is 35.5. The molecule has 1 fully saturated rings. The molecule has 0 radical (unpaired) electrons. The third kappa shape index (κ3) is 4.82. The number of hydrogen-bond donors (Lipinski definition) is 2. The number of carbonyl (C=O) groups is 1. The zero-order valence-corrected chi connectivity index (χ0v) is 12.5. The molecule has 1 atom stereocenters. The Bertz CT molecular complexity index is 484. The van der Waals surface area contributed by atoms with Gasteiger partial charge in [0.2, 0.25) is 5.91 Å². The summed E-state index contributed by atoms with van der Waals surface area (Å²) in [7, 11) is 0. The van der Waals surface area contributed by atoms with E-state index >= 15 is 0 Å². The lowest BCUT2D eigenvalue weighted by Gasteiger charge is -2.31. The highest BCUT2D eigenvalue weighted by molar-refractivity contribution is 5.85. The van der Waals surface area contributed by atoms with E-state index in [1.165, 1.54) is 6.07 Å². The molecule has 1 heterocycles. The molecule has 2 rings (SSSR count). The third-order valence-corrected chi connectivity index (χ3v) is 3.49. The summed E-state index contributed by atoms with van der Waals surface area (Å²) in [6.45, 7) is 4.20. The quantitative estimate of drug-likeness (QED) is 0.785. The molecule has 1 aliphatic rings. The van der Waals surface area contributed by atoms with E-state index in [0.717, 1.165) is 25.2 Å². The zero-order chi connectivity index (χ0) is 14.5. The lowest BCUT2D eigenvalue weighted by atomic mass is 9.88. The smallest absolute Gasteiger partial charge is 0.223 e. The topological polar surface area (TPSA) is 50.4 Å². The molecule has 1 aromatic rings. The van der Waals surface area contributed by atoms with Crippen molar-refractivity contribution < 1.29 is 18.3 Å². The second-order valence-corrected chi connectivity index (χ2v) is 4.92. The Kier molecular flexibility index (Phi) is 6.84. The van der Waals surface area contributed by atoms with Gasteiger partial charge < -0.3 is 15.4 Å². The summed E-state index contributed by atoms with van der Waals surface area (Å²) in [5.41, 5.74) is 0. The summed E-state index contributed by atoms with van der Waals surface area (Å²) in [4.78, 5) is 11.8. The number of benzene rings is 1. The molecule has 0 aliphatic carbocycles. The molecule has 21 heavy (non-hydrogen) atoms. The van der Waals surface area contributed by atoms with Crippen LogP contribution in [0.1, 0.15) is 6.92 Å². The van der Waals surface area contributed by atoms with Crippen molar-refractivity contribution >= 4 is 18.3 Å². The SMILES string of the molecule is CC(C(=O)NCCOc1ccc(F)c(F)c1)C1CNC1.Cl. The fourth-order valence-electron chi connectivity index (χ4n) is 1.95. The maximum absolute atomic E-state index is 12.9. The van der Waals surface area contributed by atoms with Crippen molar-refractivity contribution in [1.29, 1.82) is 0 Å². The molecule has 4 nitrogen and oxygen atoms in total. The normalized spacial score (nSPS) is 15.6. The fraction of sp³-hybridized carbons (Fsp3) is 0.500. The number of carbonyl (C=O) groups excluding carboxylic acids is 1. The van der Waals surface area contributed by atoms with Crippen molar-refractivity contribution in [2.75, 3.05) is 26.2 Å². The Hall–Kier alpha value is -1.40. The maximum atomic E-state index is 12.9. The summed E-state index contributed by atoms with van der Waals surface area (Å²) in [6.07, 6.45) is 0. The molecule has 1 aliphatic heterocycles. The number of ether oxygens (including phenoxy) is 1. The van der Waals surface area contributed by atoms with Crippen LogP contribution in [0, 0.1) is 23.5 Å². The van der Waals surface area contributed by atoms with E-state index < -0.39 is 11.6 Å². The van der Waals surface area contributed by atoms with E-state index in [1.807, 2.05) is 6.92 Å². The van der Waals surface area contributed by atoms with E-state index in [1.54, 1.807) is 0 Å². The Morgan fingerprint density at radius 3 is 2.71 bits per heavy atom. The van der Waals surface area contributed by atoms with Crippen LogP contribution in [-0.4, -0.2) is 32.1 Å². The predicted octanol–water partition coefficient (Wildman–Crippen LogP) is 1.74. The minimum absolute atomic E-state index is 0. The van der Waals surface area contributed by atoms with Crippen LogP contribution in [0.5, 0.6) is 5.75 Å². The van der Waals surface area contributed by atoms with Gasteiger partial charge >= 0.3 is 0 Å². The van der Waals surface area contributed by atoms with Gasteiger partial charge in [-0.3, -0.25) is 4.79 Å². The molecule has 2 N–H and O–H groups in total. The second-order valence-electron chi connectivity index (χ2n) is 4.92. The van der Waals surface area contributed by atoms with Gasteiger partial charge in [-0.05, 0) is 31.1 Å². The van der Waals surface area contributed by atoms with Gasteiger partial charge in [-0.25, -0.2) is 8.78 Å². The van der Waals surface area contributed by atoms with Crippen LogP contribution in [0.4, 0.5) is 8.78 Å². The fourth-order valence-corrected chi connectivity index (χ4v) is 1.95. The van der Waals surface area contributed by atoms with Crippen LogP contribution < -0.4 is 15.4 Å². The minimum atomic E-state index is -0.947. The standard InChI is InChI=1S/C14H18F2N2O2.ClH/c1-9(10-7-17-8-10)14(19)18-4-5-20-11-2-3-12(15)13(16)6-11;/h2-3,6,9-10,17H,4-5,7-8H2,1H3,(H,18,19);1H. The highest BCUT2D eigenvalue weighted by Gasteiger charge is 2.28. The van der Waals surface area contributed by atoms with Gasteiger partial charge in [0.1, 0.15) is 12.4 Å². The number of nitrogens with one attached hydrogen (secondary N) is 2. The first-order valence-corrected chi connectivity index (χ1v) is 6.64.